The standard InChI is InChI=1S/C13H11Cl3N2O3S/c1-2-21-11-5-10(16)12(6-9(11)15)22(19,20)18-13-4-3-8(14)7-17-13/h3-7H,2H2,1H3,(H,17,18). The van der Waals surface area contributed by atoms with E-state index in [4.69, 9.17) is 39.5 Å². The normalized spacial score (nSPS) is 11.3. The van der Waals surface area contributed by atoms with Gasteiger partial charge in [-0.2, -0.15) is 0 Å². The predicted octanol–water partition coefficient (Wildman–Crippen LogP) is 4.24. The molecule has 2 rings (SSSR count). The van der Waals surface area contributed by atoms with E-state index in [1.165, 1.54) is 30.5 Å². The van der Waals surface area contributed by atoms with Gasteiger partial charge in [0.2, 0.25) is 0 Å². The Balaban J connectivity index is 2.37. The molecule has 0 bridgehead atoms. The maximum atomic E-state index is 12.4. The Morgan fingerprint density at radius 2 is 1.91 bits per heavy atom. The Bertz CT molecular complexity index is 780. The molecule has 0 aliphatic carbocycles. The highest BCUT2D eigenvalue weighted by Crippen LogP contribution is 2.34. The molecular weight excluding hydrogens is 371 g/mol. The number of anilines is 1. The lowest BCUT2D eigenvalue weighted by molar-refractivity contribution is 0.340. The molecular formula is C13H11Cl3N2O3S. The van der Waals surface area contributed by atoms with Crippen molar-refractivity contribution in [1.29, 1.82) is 0 Å². The summed E-state index contributed by atoms with van der Waals surface area (Å²) in [7, 11) is -3.94. The Hall–Kier alpha value is -1.21. The summed E-state index contributed by atoms with van der Waals surface area (Å²) in [6.07, 6.45) is 1.33. The van der Waals surface area contributed by atoms with Crippen LogP contribution in [0.3, 0.4) is 0 Å². The van der Waals surface area contributed by atoms with E-state index in [0.29, 0.717) is 17.4 Å². The highest BCUT2D eigenvalue weighted by atomic mass is 35.5. The zero-order chi connectivity index (χ0) is 16.3. The number of ether oxygens (including phenoxy) is 1. The molecule has 0 atom stereocenters. The van der Waals surface area contributed by atoms with Gasteiger partial charge in [-0.3, -0.25) is 4.72 Å². The van der Waals surface area contributed by atoms with Crippen molar-refractivity contribution in [3.05, 3.63) is 45.5 Å². The number of sulfonamides is 1. The zero-order valence-corrected chi connectivity index (χ0v) is 14.4. The molecule has 1 aromatic heterocycles. The van der Waals surface area contributed by atoms with Crippen molar-refractivity contribution in [3.8, 4) is 5.75 Å². The molecule has 5 nitrogen and oxygen atoms in total. The molecule has 0 aliphatic rings. The highest BCUT2D eigenvalue weighted by Gasteiger charge is 2.21. The fraction of sp³-hybridized carbons (Fsp3) is 0.154. The fourth-order valence-electron chi connectivity index (χ4n) is 1.61. The van der Waals surface area contributed by atoms with E-state index in [9.17, 15) is 8.42 Å². The minimum absolute atomic E-state index is 0.00527. The third-order valence-electron chi connectivity index (χ3n) is 2.54. The Kier molecular flexibility index (Phi) is 5.39. The number of halogens is 3. The van der Waals surface area contributed by atoms with Crippen molar-refractivity contribution < 1.29 is 13.2 Å². The maximum absolute atomic E-state index is 12.4. The first-order chi connectivity index (χ1) is 10.3. The molecule has 0 saturated carbocycles. The molecule has 1 heterocycles. The van der Waals surface area contributed by atoms with E-state index in [0.717, 1.165) is 0 Å². The summed E-state index contributed by atoms with van der Waals surface area (Å²) in [5.41, 5.74) is 0. The van der Waals surface area contributed by atoms with E-state index in [-0.39, 0.29) is 20.8 Å². The van der Waals surface area contributed by atoms with Crippen LogP contribution in [0, 0.1) is 0 Å². The monoisotopic (exact) mass is 380 g/mol. The first-order valence-electron chi connectivity index (χ1n) is 6.09. The number of benzene rings is 1. The lowest BCUT2D eigenvalue weighted by Gasteiger charge is -2.12. The molecule has 0 amide bonds. The maximum Gasteiger partial charge on any atom is 0.264 e. The van der Waals surface area contributed by atoms with Crippen LogP contribution in [0.5, 0.6) is 5.75 Å². The van der Waals surface area contributed by atoms with Crippen molar-refractivity contribution in [2.45, 2.75) is 11.8 Å². The first kappa shape index (κ1) is 17.1. The van der Waals surface area contributed by atoms with Crippen LogP contribution in [0.1, 0.15) is 6.92 Å². The van der Waals surface area contributed by atoms with E-state index >= 15 is 0 Å². The van der Waals surface area contributed by atoms with E-state index in [1.54, 1.807) is 6.92 Å². The van der Waals surface area contributed by atoms with Gasteiger partial charge in [-0.15, -0.1) is 0 Å². The van der Waals surface area contributed by atoms with Gasteiger partial charge in [-0.25, -0.2) is 13.4 Å². The van der Waals surface area contributed by atoms with E-state index < -0.39 is 10.0 Å². The van der Waals surface area contributed by atoms with Gasteiger partial charge in [0.05, 0.1) is 21.7 Å². The predicted molar refractivity (Wildman–Crippen MR) is 87.7 cm³/mol. The number of rotatable bonds is 5. The van der Waals surface area contributed by atoms with Gasteiger partial charge >= 0.3 is 0 Å². The molecule has 22 heavy (non-hydrogen) atoms. The van der Waals surface area contributed by atoms with Gasteiger partial charge in [0.1, 0.15) is 16.5 Å². The van der Waals surface area contributed by atoms with Crippen LogP contribution in [0.15, 0.2) is 35.4 Å². The first-order valence-corrected chi connectivity index (χ1v) is 8.71. The van der Waals surface area contributed by atoms with Gasteiger partial charge in [0.25, 0.3) is 10.0 Å². The molecule has 0 saturated heterocycles. The van der Waals surface area contributed by atoms with Gasteiger partial charge in [-0.05, 0) is 25.1 Å². The summed E-state index contributed by atoms with van der Waals surface area (Å²) < 4.78 is 32.3. The van der Waals surface area contributed by atoms with Crippen LogP contribution in [0.2, 0.25) is 15.1 Å². The summed E-state index contributed by atoms with van der Waals surface area (Å²) in [5.74, 6) is 0.434. The summed E-state index contributed by atoms with van der Waals surface area (Å²) in [6.45, 7) is 2.16. The van der Waals surface area contributed by atoms with Crippen molar-refractivity contribution >= 4 is 50.6 Å². The summed E-state index contributed by atoms with van der Waals surface area (Å²) in [5, 5.41) is 0.537. The van der Waals surface area contributed by atoms with Crippen LogP contribution in [0.4, 0.5) is 5.82 Å². The van der Waals surface area contributed by atoms with Crippen molar-refractivity contribution in [2.24, 2.45) is 0 Å². The van der Waals surface area contributed by atoms with Crippen molar-refractivity contribution in [3.63, 3.8) is 0 Å². The van der Waals surface area contributed by atoms with Crippen LogP contribution in [-0.4, -0.2) is 20.0 Å². The van der Waals surface area contributed by atoms with Gasteiger partial charge in [0, 0.05) is 12.3 Å². The molecule has 0 aliphatic heterocycles. The Morgan fingerprint density at radius 1 is 1.18 bits per heavy atom. The number of nitrogens with zero attached hydrogens (tertiary/aromatic N) is 1. The van der Waals surface area contributed by atoms with Crippen LogP contribution >= 0.6 is 34.8 Å². The van der Waals surface area contributed by atoms with E-state index in [1.807, 2.05) is 0 Å². The number of hydrogen-bond donors (Lipinski definition) is 1. The molecule has 0 spiro atoms. The minimum atomic E-state index is -3.94. The van der Waals surface area contributed by atoms with E-state index in [2.05, 4.69) is 9.71 Å². The number of nitrogens with one attached hydrogen (secondary N) is 1. The van der Waals surface area contributed by atoms with Gasteiger partial charge in [-0.1, -0.05) is 34.8 Å². The molecule has 0 fully saturated rings. The van der Waals surface area contributed by atoms with Crippen molar-refractivity contribution in [1.82, 2.24) is 4.98 Å². The molecule has 2 aromatic rings. The Morgan fingerprint density at radius 3 is 2.50 bits per heavy atom. The fourth-order valence-corrected chi connectivity index (χ4v) is 3.56. The average molecular weight is 382 g/mol. The lowest BCUT2D eigenvalue weighted by atomic mass is 10.3. The van der Waals surface area contributed by atoms with Crippen LogP contribution in [-0.2, 0) is 10.0 Å². The topological polar surface area (TPSA) is 68.3 Å². The highest BCUT2D eigenvalue weighted by molar-refractivity contribution is 7.92. The SMILES string of the molecule is CCOc1cc(Cl)c(S(=O)(=O)Nc2ccc(Cl)cn2)cc1Cl. The third kappa shape index (κ3) is 3.95. The average Bonchev–Trinajstić information content (AvgIpc) is 2.45. The lowest BCUT2D eigenvalue weighted by Crippen LogP contribution is -2.14. The summed E-state index contributed by atoms with van der Waals surface area (Å²) in [6, 6.07) is 5.54. The van der Waals surface area contributed by atoms with Crippen LogP contribution < -0.4 is 9.46 Å². The van der Waals surface area contributed by atoms with Crippen molar-refractivity contribution in [2.75, 3.05) is 11.3 Å². The number of hydrogen-bond acceptors (Lipinski definition) is 4. The van der Waals surface area contributed by atoms with Gasteiger partial charge < -0.3 is 4.74 Å². The minimum Gasteiger partial charge on any atom is -0.492 e. The molecule has 0 radical (unpaired) electrons. The third-order valence-corrected chi connectivity index (χ3v) is 4.88. The smallest absolute Gasteiger partial charge is 0.264 e. The summed E-state index contributed by atoms with van der Waals surface area (Å²) >= 11 is 17.7. The zero-order valence-electron chi connectivity index (χ0n) is 11.3. The second kappa shape index (κ2) is 6.91. The second-order valence-corrected chi connectivity index (χ2v) is 7.01. The molecule has 1 N–H and O–H groups in total. The molecule has 1 aromatic carbocycles. The largest absolute Gasteiger partial charge is 0.492 e. The molecule has 0 unspecified atom stereocenters. The molecule has 9 heteroatoms. The molecule has 118 valence electrons. The Labute approximate surface area is 143 Å². The van der Waals surface area contributed by atoms with Crippen LogP contribution in [0.25, 0.3) is 0 Å². The number of aromatic nitrogens is 1. The quantitative estimate of drug-likeness (QED) is 0.841. The summed E-state index contributed by atoms with van der Waals surface area (Å²) in [4.78, 5) is 3.70. The number of pyridine rings is 1. The van der Waals surface area contributed by atoms with Gasteiger partial charge in [0.15, 0.2) is 0 Å². The second-order valence-electron chi connectivity index (χ2n) is 4.11.